The molecule has 36 valence electrons. The van der Waals surface area contributed by atoms with E-state index in [0.717, 1.165) is 15.1 Å². The molecule has 1 aliphatic rings. The fraction of sp³-hybridized carbons (Fsp3) is 1.00. The Bertz CT molecular complexity index is 52.1. The summed E-state index contributed by atoms with van der Waals surface area (Å²) < 4.78 is 0. The first-order chi connectivity index (χ1) is 3.39. The molecule has 0 unspecified atom stereocenters. The second kappa shape index (κ2) is 2.40. The minimum atomic E-state index is 0.473. The molecule has 0 aliphatic carbocycles. The Balaban J connectivity index is 2.12. The van der Waals surface area contributed by atoms with Crippen LogP contribution in [0.1, 0.15) is 0 Å². The normalized spacial score (nSPS) is 20.4. The smallest absolute Gasteiger partial charge is 0.280 e. The van der Waals surface area contributed by atoms with Crippen molar-refractivity contribution in [3.8, 4) is 0 Å². The molecule has 7 heavy (non-hydrogen) atoms. The fourth-order valence-electron chi connectivity index (χ4n) is 0.585. The third-order valence-corrected chi connectivity index (χ3v) is 1.07. The molecular formula is CH8B3N3. The molecule has 1 rings (SSSR count). The van der Waals surface area contributed by atoms with E-state index in [-0.39, 0.29) is 0 Å². The molecule has 0 aromatic heterocycles. The van der Waals surface area contributed by atoms with Gasteiger partial charge in [0.05, 0.1) is 0 Å². The summed E-state index contributed by atoms with van der Waals surface area (Å²) in [4.78, 5) is 0. The number of rotatable bonds is 0. The predicted octanol–water partition coefficient (Wildman–Crippen LogP) is -2.58. The summed E-state index contributed by atoms with van der Waals surface area (Å²) in [6.07, 6.45) is 0. The van der Waals surface area contributed by atoms with Crippen molar-refractivity contribution in [3.05, 3.63) is 0 Å². The number of nitrogens with one attached hydrogen (secondary N) is 3. The van der Waals surface area contributed by atoms with Gasteiger partial charge in [-0.05, 0) is 0 Å². The maximum absolute atomic E-state index is 3.16. The van der Waals surface area contributed by atoms with Gasteiger partial charge in [-0.25, -0.2) is 0 Å². The van der Waals surface area contributed by atoms with E-state index < -0.39 is 0 Å². The molecule has 1 fully saturated rings. The quantitative estimate of drug-likeness (QED) is 0.289. The lowest BCUT2D eigenvalue weighted by molar-refractivity contribution is 1.24. The highest BCUT2D eigenvalue weighted by molar-refractivity contribution is 6.74. The van der Waals surface area contributed by atoms with Crippen LogP contribution in [0.15, 0.2) is 0 Å². The van der Waals surface area contributed by atoms with E-state index in [0.29, 0.717) is 6.98 Å². The topological polar surface area (TPSA) is 36.1 Å². The first-order valence-electron chi connectivity index (χ1n) is 2.57. The highest BCUT2D eigenvalue weighted by Crippen LogP contribution is 1.65. The lowest BCUT2D eigenvalue weighted by Crippen LogP contribution is -2.61. The minimum Gasteiger partial charge on any atom is -0.378 e. The molecule has 0 amide bonds. The van der Waals surface area contributed by atoms with Crippen molar-refractivity contribution in [2.75, 3.05) is 0 Å². The van der Waals surface area contributed by atoms with Gasteiger partial charge in [0.1, 0.15) is 0 Å². The monoisotopic (exact) mass is 95.1 g/mol. The molecule has 1 heterocycles. The van der Waals surface area contributed by atoms with Gasteiger partial charge >= 0.3 is 0 Å². The van der Waals surface area contributed by atoms with E-state index in [9.17, 15) is 0 Å². The Morgan fingerprint density at radius 2 is 1.86 bits per heavy atom. The van der Waals surface area contributed by atoms with Crippen LogP contribution in [0.25, 0.3) is 0 Å². The molecule has 0 atom stereocenters. The standard InChI is InChI=1S/CH8B3N3/c1-4-6-2-5-3-7-4/h2-3,5-7H,1H3. The van der Waals surface area contributed by atoms with E-state index >= 15 is 0 Å². The van der Waals surface area contributed by atoms with Gasteiger partial charge in [0.15, 0.2) is 0 Å². The minimum absolute atomic E-state index is 0.473. The summed E-state index contributed by atoms with van der Waals surface area (Å²) in [6, 6.07) is 0. The SMILES string of the molecule is CB1NBNBN1. The summed E-state index contributed by atoms with van der Waals surface area (Å²) >= 11 is 0. The molecule has 0 radical (unpaired) electrons. The Kier molecular flexibility index (Phi) is 1.79. The summed E-state index contributed by atoms with van der Waals surface area (Å²) in [7, 11) is 1.85. The van der Waals surface area contributed by atoms with Gasteiger partial charge in [-0.15, -0.1) is 0 Å². The highest BCUT2D eigenvalue weighted by Gasteiger charge is 2.10. The highest BCUT2D eigenvalue weighted by atomic mass is 15.0. The lowest BCUT2D eigenvalue weighted by atomic mass is 9.68. The third-order valence-electron chi connectivity index (χ3n) is 1.07. The van der Waals surface area contributed by atoms with Gasteiger partial charge in [-0.2, -0.15) is 0 Å². The fourth-order valence-corrected chi connectivity index (χ4v) is 0.585. The van der Waals surface area contributed by atoms with Gasteiger partial charge in [0.2, 0.25) is 0 Å². The van der Waals surface area contributed by atoms with Crippen LogP contribution < -0.4 is 15.4 Å². The molecular weight excluding hydrogens is 86.5 g/mol. The van der Waals surface area contributed by atoms with E-state index in [2.05, 4.69) is 22.2 Å². The molecule has 0 aromatic carbocycles. The zero-order valence-electron chi connectivity index (χ0n) is 4.49. The van der Waals surface area contributed by atoms with Gasteiger partial charge < -0.3 is 15.4 Å². The first-order valence-corrected chi connectivity index (χ1v) is 2.57. The number of hydrogen-bond donors (Lipinski definition) is 3. The van der Waals surface area contributed by atoms with Crippen molar-refractivity contribution >= 4 is 22.1 Å². The van der Waals surface area contributed by atoms with E-state index in [4.69, 9.17) is 0 Å². The van der Waals surface area contributed by atoms with Gasteiger partial charge in [-0.3, -0.25) is 0 Å². The van der Waals surface area contributed by atoms with Crippen molar-refractivity contribution in [2.45, 2.75) is 6.82 Å². The molecule has 3 N–H and O–H groups in total. The van der Waals surface area contributed by atoms with Crippen LogP contribution in [-0.4, -0.2) is 22.1 Å². The van der Waals surface area contributed by atoms with Gasteiger partial charge in [-0.1, -0.05) is 6.82 Å². The van der Waals surface area contributed by atoms with Crippen molar-refractivity contribution in [2.24, 2.45) is 0 Å². The van der Waals surface area contributed by atoms with Crippen molar-refractivity contribution in [1.29, 1.82) is 0 Å². The Morgan fingerprint density at radius 1 is 1.29 bits per heavy atom. The van der Waals surface area contributed by atoms with Gasteiger partial charge in [0, 0.05) is 0 Å². The van der Waals surface area contributed by atoms with E-state index in [1.54, 1.807) is 0 Å². The molecule has 0 bridgehead atoms. The molecule has 1 saturated heterocycles. The van der Waals surface area contributed by atoms with Crippen LogP contribution >= 0.6 is 0 Å². The van der Waals surface area contributed by atoms with E-state index in [1.807, 2.05) is 0 Å². The van der Waals surface area contributed by atoms with Crippen molar-refractivity contribution in [1.82, 2.24) is 15.4 Å². The van der Waals surface area contributed by atoms with Crippen LogP contribution in [0.2, 0.25) is 6.82 Å². The summed E-state index contributed by atoms with van der Waals surface area (Å²) in [5, 5.41) is 9.41. The summed E-state index contributed by atoms with van der Waals surface area (Å²) in [6.45, 7) is 2.57. The lowest BCUT2D eigenvalue weighted by Gasteiger charge is -2.16. The average Bonchev–Trinajstić information content (AvgIpc) is 1.69. The van der Waals surface area contributed by atoms with Gasteiger partial charge in [0.25, 0.3) is 22.1 Å². The zero-order valence-corrected chi connectivity index (χ0v) is 4.49. The van der Waals surface area contributed by atoms with Crippen LogP contribution in [0.3, 0.4) is 0 Å². The van der Waals surface area contributed by atoms with Crippen LogP contribution in [0, 0.1) is 0 Å². The van der Waals surface area contributed by atoms with E-state index in [1.165, 1.54) is 0 Å². The Morgan fingerprint density at radius 3 is 2.14 bits per heavy atom. The largest absolute Gasteiger partial charge is 0.378 e. The molecule has 1 aliphatic heterocycles. The predicted molar refractivity (Wildman–Crippen MR) is 35.3 cm³/mol. The zero-order chi connectivity index (χ0) is 5.11. The molecule has 6 heteroatoms. The third kappa shape index (κ3) is 1.55. The molecule has 0 saturated carbocycles. The maximum Gasteiger partial charge on any atom is 0.280 e. The summed E-state index contributed by atoms with van der Waals surface area (Å²) in [5.41, 5.74) is 0. The van der Waals surface area contributed by atoms with Crippen LogP contribution in [0.4, 0.5) is 0 Å². The Labute approximate surface area is 45.3 Å². The number of hydrogen-bond acceptors (Lipinski definition) is 3. The van der Waals surface area contributed by atoms with Crippen molar-refractivity contribution < 1.29 is 0 Å². The van der Waals surface area contributed by atoms with Crippen molar-refractivity contribution in [3.63, 3.8) is 0 Å². The maximum atomic E-state index is 3.16. The second-order valence-corrected chi connectivity index (χ2v) is 1.73. The average molecular weight is 94.5 g/mol. The molecule has 0 spiro atoms. The first kappa shape index (κ1) is 5.22. The molecule has 3 nitrogen and oxygen atoms in total. The second-order valence-electron chi connectivity index (χ2n) is 1.73. The van der Waals surface area contributed by atoms with Crippen LogP contribution in [-0.2, 0) is 0 Å². The Hall–Kier alpha value is 0.0748. The van der Waals surface area contributed by atoms with Crippen LogP contribution in [0.5, 0.6) is 0 Å². The molecule has 0 aromatic rings. The summed E-state index contributed by atoms with van der Waals surface area (Å²) in [5.74, 6) is 0.